The number of hydrogen-bond acceptors (Lipinski definition) is 4. The molecule has 0 spiro atoms. The number of amides is 1. The number of hydrogen-bond donors (Lipinski definition) is 1. The highest BCUT2D eigenvalue weighted by Crippen LogP contribution is 2.26. The summed E-state index contributed by atoms with van der Waals surface area (Å²) in [6, 6.07) is 11.8. The Balaban J connectivity index is 1.92. The molecule has 0 unspecified atom stereocenters. The molecule has 0 aromatic heterocycles. The summed E-state index contributed by atoms with van der Waals surface area (Å²) in [5.74, 6) is -0.245. The molecule has 6 nitrogen and oxygen atoms in total. The monoisotopic (exact) mass is 411 g/mol. The third kappa shape index (κ3) is 5.30. The van der Waals surface area contributed by atoms with Crippen LogP contribution in [-0.4, -0.2) is 29.3 Å². The maximum atomic E-state index is 12.1. The highest BCUT2D eigenvalue weighted by molar-refractivity contribution is 9.10. The highest BCUT2D eigenvalue weighted by Gasteiger charge is 2.13. The summed E-state index contributed by atoms with van der Waals surface area (Å²) < 4.78 is 0.999. The molecule has 126 valence electrons. The minimum absolute atomic E-state index is 0.120. The van der Waals surface area contributed by atoms with Gasteiger partial charge in [-0.1, -0.05) is 39.7 Å². The number of nitrogens with zero attached hydrogens (tertiary/aromatic N) is 2. The van der Waals surface area contributed by atoms with E-state index in [1.807, 2.05) is 36.2 Å². The molecule has 0 aliphatic heterocycles. The Morgan fingerprint density at radius 3 is 2.54 bits per heavy atom. The molecule has 0 heterocycles. The van der Waals surface area contributed by atoms with Crippen LogP contribution in [0.1, 0.15) is 5.56 Å². The fourth-order valence-corrected chi connectivity index (χ4v) is 2.60. The fourth-order valence-electron chi connectivity index (χ4n) is 2.11. The molecule has 0 saturated carbocycles. The van der Waals surface area contributed by atoms with Crippen molar-refractivity contribution < 1.29 is 9.72 Å². The van der Waals surface area contributed by atoms with Crippen LogP contribution in [0.5, 0.6) is 0 Å². The van der Waals surface area contributed by atoms with E-state index in [2.05, 4.69) is 21.2 Å². The number of non-ortho nitro benzene ring substituents is 1. The molecular weight excluding hydrogens is 398 g/mol. The second kappa shape index (κ2) is 8.23. The zero-order chi connectivity index (χ0) is 17.7. The first-order valence-corrected chi connectivity index (χ1v) is 8.19. The second-order valence-electron chi connectivity index (χ2n) is 5.27. The van der Waals surface area contributed by atoms with E-state index in [1.165, 1.54) is 18.2 Å². The Kier molecular flexibility index (Phi) is 6.30. The van der Waals surface area contributed by atoms with E-state index in [0.717, 1.165) is 10.0 Å². The average Bonchev–Trinajstić information content (AvgIpc) is 2.51. The zero-order valence-electron chi connectivity index (χ0n) is 12.8. The quantitative estimate of drug-likeness (QED) is 0.573. The molecule has 2 rings (SSSR count). The molecule has 0 aliphatic carbocycles. The van der Waals surface area contributed by atoms with Crippen molar-refractivity contribution in [2.75, 3.05) is 18.9 Å². The summed E-state index contributed by atoms with van der Waals surface area (Å²) >= 11 is 9.34. The molecule has 0 fully saturated rings. The number of nitrogens with one attached hydrogen (secondary N) is 1. The summed E-state index contributed by atoms with van der Waals surface area (Å²) in [6.07, 6.45) is 0. The standard InChI is InChI=1S/C16H15BrClN3O3/c1-20(9-11-2-4-12(17)5-3-11)10-16(22)19-15-7-6-13(21(23)24)8-14(15)18/h2-8H,9-10H2,1H3,(H,19,22). The molecule has 0 saturated heterocycles. The Morgan fingerprint density at radius 1 is 1.29 bits per heavy atom. The lowest BCUT2D eigenvalue weighted by Crippen LogP contribution is -2.29. The third-order valence-corrected chi connectivity index (χ3v) is 4.06. The van der Waals surface area contributed by atoms with Gasteiger partial charge in [-0.25, -0.2) is 0 Å². The van der Waals surface area contributed by atoms with Crippen LogP contribution in [0, 0.1) is 10.1 Å². The van der Waals surface area contributed by atoms with Gasteiger partial charge in [0.15, 0.2) is 0 Å². The van der Waals surface area contributed by atoms with Crippen molar-refractivity contribution in [3.05, 3.63) is 67.6 Å². The van der Waals surface area contributed by atoms with Gasteiger partial charge < -0.3 is 5.32 Å². The van der Waals surface area contributed by atoms with Crippen molar-refractivity contribution in [2.24, 2.45) is 0 Å². The van der Waals surface area contributed by atoms with Gasteiger partial charge in [0.1, 0.15) is 0 Å². The van der Waals surface area contributed by atoms with Crippen LogP contribution in [0.4, 0.5) is 11.4 Å². The predicted octanol–water partition coefficient (Wildman–Crippen LogP) is 4.08. The van der Waals surface area contributed by atoms with E-state index in [-0.39, 0.29) is 23.2 Å². The molecule has 1 N–H and O–H groups in total. The molecule has 0 aliphatic rings. The molecule has 0 radical (unpaired) electrons. The van der Waals surface area contributed by atoms with E-state index in [9.17, 15) is 14.9 Å². The average molecular weight is 413 g/mol. The van der Waals surface area contributed by atoms with Crippen LogP contribution in [0.3, 0.4) is 0 Å². The van der Waals surface area contributed by atoms with Gasteiger partial charge in [0, 0.05) is 23.2 Å². The van der Waals surface area contributed by atoms with Crippen molar-refractivity contribution in [1.82, 2.24) is 4.90 Å². The Hall–Kier alpha value is -1.96. The van der Waals surface area contributed by atoms with Gasteiger partial charge in [0.25, 0.3) is 5.69 Å². The van der Waals surface area contributed by atoms with Gasteiger partial charge in [-0.3, -0.25) is 19.8 Å². The van der Waals surface area contributed by atoms with E-state index in [1.54, 1.807) is 0 Å². The van der Waals surface area contributed by atoms with Gasteiger partial charge in [-0.15, -0.1) is 0 Å². The minimum Gasteiger partial charge on any atom is -0.324 e. The normalized spacial score (nSPS) is 10.7. The molecule has 0 bridgehead atoms. The maximum Gasteiger partial charge on any atom is 0.271 e. The second-order valence-corrected chi connectivity index (χ2v) is 6.59. The lowest BCUT2D eigenvalue weighted by molar-refractivity contribution is -0.384. The Bertz CT molecular complexity index is 753. The van der Waals surface area contributed by atoms with E-state index < -0.39 is 4.92 Å². The van der Waals surface area contributed by atoms with Crippen LogP contribution in [0.25, 0.3) is 0 Å². The number of anilines is 1. The van der Waals surface area contributed by atoms with Crippen molar-refractivity contribution in [3.8, 4) is 0 Å². The summed E-state index contributed by atoms with van der Waals surface area (Å²) in [6.45, 7) is 0.790. The Labute approximate surface area is 152 Å². The lowest BCUT2D eigenvalue weighted by Gasteiger charge is -2.16. The number of benzene rings is 2. The van der Waals surface area contributed by atoms with Gasteiger partial charge in [0.05, 0.1) is 22.2 Å². The minimum atomic E-state index is -0.538. The first-order valence-electron chi connectivity index (χ1n) is 7.02. The molecule has 8 heteroatoms. The van der Waals surface area contributed by atoms with E-state index >= 15 is 0 Å². The summed E-state index contributed by atoms with van der Waals surface area (Å²) in [5, 5.41) is 13.5. The first kappa shape index (κ1) is 18.4. The van der Waals surface area contributed by atoms with Gasteiger partial charge in [-0.05, 0) is 30.8 Å². The van der Waals surface area contributed by atoms with E-state index in [0.29, 0.717) is 12.2 Å². The smallest absolute Gasteiger partial charge is 0.271 e. The van der Waals surface area contributed by atoms with Crippen LogP contribution in [0.15, 0.2) is 46.9 Å². The van der Waals surface area contributed by atoms with Crippen molar-refractivity contribution in [2.45, 2.75) is 6.54 Å². The number of carbonyl (C=O) groups excluding carboxylic acids is 1. The van der Waals surface area contributed by atoms with Crippen LogP contribution < -0.4 is 5.32 Å². The van der Waals surface area contributed by atoms with Crippen molar-refractivity contribution in [1.29, 1.82) is 0 Å². The molecule has 2 aromatic rings. The first-order chi connectivity index (χ1) is 11.3. The molecule has 24 heavy (non-hydrogen) atoms. The summed E-state index contributed by atoms with van der Waals surface area (Å²) in [4.78, 5) is 24.1. The fraction of sp³-hybridized carbons (Fsp3) is 0.188. The molecule has 0 atom stereocenters. The number of halogens is 2. The topological polar surface area (TPSA) is 75.5 Å². The van der Waals surface area contributed by atoms with Crippen LogP contribution >= 0.6 is 27.5 Å². The molecule has 1 amide bonds. The SMILES string of the molecule is CN(CC(=O)Nc1ccc([N+](=O)[O-])cc1Cl)Cc1ccc(Br)cc1. The zero-order valence-corrected chi connectivity index (χ0v) is 15.2. The third-order valence-electron chi connectivity index (χ3n) is 3.22. The largest absolute Gasteiger partial charge is 0.324 e. The number of nitro groups is 1. The highest BCUT2D eigenvalue weighted by atomic mass is 79.9. The number of likely N-dealkylation sites (N-methyl/N-ethyl adjacent to an activating group) is 1. The summed E-state index contributed by atoms with van der Waals surface area (Å²) in [7, 11) is 1.83. The predicted molar refractivity (Wildman–Crippen MR) is 97.2 cm³/mol. The summed E-state index contributed by atoms with van der Waals surface area (Å²) in [5.41, 5.74) is 1.32. The molecular formula is C16H15BrClN3O3. The Morgan fingerprint density at radius 2 is 1.96 bits per heavy atom. The van der Waals surface area contributed by atoms with Gasteiger partial charge >= 0.3 is 0 Å². The number of rotatable bonds is 6. The van der Waals surface area contributed by atoms with Crippen molar-refractivity contribution in [3.63, 3.8) is 0 Å². The maximum absolute atomic E-state index is 12.1. The molecule has 2 aromatic carbocycles. The van der Waals surface area contributed by atoms with Crippen LogP contribution in [-0.2, 0) is 11.3 Å². The number of carbonyl (C=O) groups is 1. The van der Waals surface area contributed by atoms with Crippen LogP contribution in [0.2, 0.25) is 5.02 Å². The number of nitro benzene ring substituents is 1. The van der Waals surface area contributed by atoms with Gasteiger partial charge in [0.2, 0.25) is 5.91 Å². The lowest BCUT2D eigenvalue weighted by atomic mass is 10.2. The van der Waals surface area contributed by atoms with Crippen molar-refractivity contribution >= 4 is 44.8 Å². The van der Waals surface area contributed by atoms with Gasteiger partial charge in [-0.2, -0.15) is 0 Å². The van der Waals surface area contributed by atoms with E-state index in [4.69, 9.17) is 11.6 Å².